The minimum absolute atomic E-state index is 0.124. The highest BCUT2D eigenvalue weighted by atomic mass is 32.1. The number of hydrogen-bond donors (Lipinski definition) is 4. The standard InChI is InChI=1S/C47H59N9O7S/c1-30-24-37(53-63-30)43-49-34(29-64-43)27-54-22-23-56(45(54)61)40(47(5,6)7)42(59)50-36(25-31-14-10-9-11-15-31)38(57)28-55(52-41(58)39(46(2,3)4)51-44(60)62-8)26-32-17-19-33(20-18-32)35-16-12-13-21-48-35/h9-21,24,29,36,38-40,57H,22-23,25-28H2,1-8H3,(H,50,59)(H,51,60)(H,52,58). The molecule has 6 rings (SSSR count). The molecule has 5 aromatic rings. The molecule has 1 aliphatic heterocycles. The minimum Gasteiger partial charge on any atom is -0.453 e. The molecule has 4 N–H and O–H groups in total. The number of carbonyl (C=O) groups is 4. The molecule has 17 heteroatoms. The zero-order chi connectivity index (χ0) is 46.2. The van der Waals surface area contributed by atoms with Gasteiger partial charge < -0.3 is 34.8 Å². The Balaban J connectivity index is 1.24. The van der Waals surface area contributed by atoms with Gasteiger partial charge in [-0.05, 0) is 47.4 Å². The molecule has 2 aromatic carbocycles. The van der Waals surface area contributed by atoms with Gasteiger partial charge in [-0.3, -0.25) is 20.0 Å². The van der Waals surface area contributed by atoms with Crippen LogP contribution in [0.25, 0.3) is 22.0 Å². The number of nitrogens with zero attached hydrogens (tertiary/aromatic N) is 6. The van der Waals surface area contributed by atoms with E-state index in [0.29, 0.717) is 35.2 Å². The van der Waals surface area contributed by atoms with Crippen LogP contribution in [0.2, 0.25) is 0 Å². The number of aromatic nitrogens is 3. The zero-order valence-electron chi connectivity index (χ0n) is 37.7. The van der Waals surface area contributed by atoms with E-state index in [0.717, 1.165) is 22.4 Å². The first-order valence-corrected chi connectivity index (χ1v) is 22.1. The van der Waals surface area contributed by atoms with E-state index in [9.17, 15) is 24.3 Å². The second-order valence-electron chi connectivity index (χ2n) is 18.2. The lowest BCUT2D eigenvalue weighted by Gasteiger charge is -2.38. The van der Waals surface area contributed by atoms with Crippen LogP contribution < -0.4 is 16.1 Å². The van der Waals surface area contributed by atoms with Gasteiger partial charge in [0.2, 0.25) is 5.91 Å². The van der Waals surface area contributed by atoms with Gasteiger partial charge in [-0.2, -0.15) is 0 Å². The SMILES string of the molecule is COC(=O)NC(C(=O)NN(Cc1ccc(-c2ccccn2)cc1)CC(O)C(Cc1ccccc1)NC(=O)C(N1CCN(Cc2csc(-c3cc(C)on3)n2)C1=O)C(C)(C)C)C(C)(C)C. The maximum Gasteiger partial charge on any atom is 0.407 e. The molecule has 4 unspecified atom stereocenters. The summed E-state index contributed by atoms with van der Waals surface area (Å²) in [5.41, 5.74) is 6.25. The molecule has 1 saturated heterocycles. The van der Waals surface area contributed by atoms with Crippen molar-refractivity contribution in [1.82, 2.24) is 46.0 Å². The highest BCUT2D eigenvalue weighted by Crippen LogP contribution is 2.30. The molecule has 3 aromatic heterocycles. The van der Waals surface area contributed by atoms with Gasteiger partial charge in [0, 0.05) is 49.4 Å². The molecule has 0 radical (unpaired) electrons. The fraction of sp³-hybridized carbons (Fsp3) is 0.426. The molecule has 1 fully saturated rings. The number of aryl methyl sites for hydroxylation is 1. The van der Waals surface area contributed by atoms with Crippen molar-refractivity contribution >= 4 is 35.3 Å². The third-order valence-electron chi connectivity index (χ3n) is 10.9. The number of rotatable bonds is 17. The number of aliphatic hydroxyl groups excluding tert-OH is 1. The summed E-state index contributed by atoms with van der Waals surface area (Å²) in [4.78, 5) is 67.6. The van der Waals surface area contributed by atoms with Gasteiger partial charge in [0.1, 0.15) is 28.5 Å². The highest BCUT2D eigenvalue weighted by Gasteiger charge is 2.44. The van der Waals surface area contributed by atoms with Crippen molar-refractivity contribution in [2.45, 2.75) is 92.2 Å². The molecule has 0 aliphatic carbocycles. The summed E-state index contributed by atoms with van der Waals surface area (Å²) in [6.07, 6.45) is -0.0287. The number of thiazole rings is 1. The van der Waals surface area contributed by atoms with Crippen LogP contribution in [0, 0.1) is 17.8 Å². The number of hydrogen-bond acceptors (Lipinski definition) is 12. The van der Waals surface area contributed by atoms with E-state index in [1.165, 1.54) is 18.4 Å². The average Bonchev–Trinajstić information content (AvgIpc) is 4.00. The highest BCUT2D eigenvalue weighted by molar-refractivity contribution is 7.13. The van der Waals surface area contributed by atoms with Gasteiger partial charge >= 0.3 is 12.1 Å². The predicted octanol–water partition coefficient (Wildman–Crippen LogP) is 6.21. The van der Waals surface area contributed by atoms with Crippen LogP contribution in [0.5, 0.6) is 0 Å². The smallest absolute Gasteiger partial charge is 0.407 e. The Morgan fingerprint density at radius 3 is 2.25 bits per heavy atom. The number of urea groups is 1. The Hall–Kier alpha value is -6.17. The Morgan fingerprint density at radius 1 is 0.906 bits per heavy atom. The molecule has 0 saturated carbocycles. The van der Waals surface area contributed by atoms with Crippen LogP contribution in [-0.2, 0) is 33.8 Å². The molecule has 4 atom stereocenters. The molecule has 64 heavy (non-hydrogen) atoms. The minimum atomic E-state index is -1.24. The summed E-state index contributed by atoms with van der Waals surface area (Å²) < 4.78 is 10.0. The third-order valence-corrected chi connectivity index (χ3v) is 11.8. The van der Waals surface area contributed by atoms with Crippen molar-refractivity contribution in [2.24, 2.45) is 10.8 Å². The van der Waals surface area contributed by atoms with Crippen LogP contribution in [0.4, 0.5) is 9.59 Å². The number of carbonyl (C=O) groups excluding carboxylic acids is 4. The van der Waals surface area contributed by atoms with Crippen LogP contribution in [0.3, 0.4) is 0 Å². The van der Waals surface area contributed by atoms with Crippen LogP contribution in [0.15, 0.2) is 95.0 Å². The normalized spacial score (nSPS) is 15.1. The number of pyridine rings is 1. The number of benzene rings is 2. The van der Waals surface area contributed by atoms with Gasteiger partial charge in [0.05, 0.1) is 37.2 Å². The molecule has 16 nitrogen and oxygen atoms in total. The first-order valence-electron chi connectivity index (χ1n) is 21.3. The van der Waals surface area contributed by atoms with E-state index in [1.807, 2.05) is 133 Å². The van der Waals surface area contributed by atoms with E-state index in [2.05, 4.69) is 31.2 Å². The van der Waals surface area contributed by atoms with Gasteiger partial charge in [0.15, 0.2) is 0 Å². The Bertz CT molecular complexity index is 2340. The monoisotopic (exact) mass is 893 g/mol. The Labute approximate surface area is 378 Å². The van der Waals surface area contributed by atoms with Gasteiger partial charge in [-0.1, -0.05) is 107 Å². The quantitative estimate of drug-likeness (QED) is 0.0775. The lowest BCUT2D eigenvalue weighted by molar-refractivity contribution is -0.133. The molecule has 0 spiro atoms. The number of aliphatic hydroxyl groups is 1. The summed E-state index contributed by atoms with van der Waals surface area (Å²) in [6, 6.07) is 21.6. The fourth-order valence-electron chi connectivity index (χ4n) is 7.67. The molecule has 4 heterocycles. The first-order chi connectivity index (χ1) is 30.4. The Kier molecular flexibility index (Phi) is 15.2. The number of ether oxygens (including phenoxy) is 1. The predicted molar refractivity (Wildman–Crippen MR) is 243 cm³/mol. The van der Waals surface area contributed by atoms with E-state index >= 15 is 0 Å². The van der Waals surface area contributed by atoms with Crippen molar-refractivity contribution in [3.63, 3.8) is 0 Å². The number of amides is 5. The second-order valence-corrected chi connectivity index (χ2v) is 19.1. The molecule has 0 bridgehead atoms. The van der Waals surface area contributed by atoms with Crippen molar-refractivity contribution in [1.29, 1.82) is 0 Å². The summed E-state index contributed by atoms with van der Waals surface area (Å²) in [7, 11) is 1.23. The number of methoxy groups -OCH3 is 1. The summed E-state index contributed by atoms with van der Waals surface area (Å²) in [5.74, 6) is -0.268. The molecule has 5 amide bonds. The zero-order valence-corrected chi connectivity index (χ0v) is 38.5. The summed E-state index contributed by atoms with van der Waals surface area (Å²) >= 11 is 1.42. The number of alkyl carbamates (subject to hydrolysis) is 1. The lowest BCUT2D eigenvalue weighted by atomic mass is 9.84. The van der Waals surface area contributed by atoms with Crippen molar-refractivity contribution < 1.29 is 33.5 Å². The van der Waals surface area contributed by atoms with Gasteiger partial charge in [-0.25, -0.2) is 19.6 Å². The van der Waals surface area contributed by atoms with Crippen LogP contribution in [0.1, 0.15) is 64.1 Å². The number of nitrogens with one attached hydrogen (secondary N) is 3. The van der Waals surface area contributed by atoms with Crippen molar-refractivity contribution in [3.05, 3.63) is 113 Å². The maximum atomic E-state index is 14.7. The molecule has 340 valence electrons. The van der Waals surface area contributed by atoms with E-state index in [-0.39, 0.29) is 32.1 Å². The second kappa shape index (κ2) is 20.6. The van der Waals surface area contributed by atoms with Crippen LogP contribution >= 0.6 is 11.3 Å². The van der Waals surface area contributed by atoms with E-state index < -0.39 is 53.0 Å². The largest absolute Gasteiger partial charge is 0.453 e. The first kappa shape index (κ1) is 47.3. The fourth-order valence-corrected chi connectivity index (χ4v) is 8.43. The Morgan fingerprint density at radius 2 is 1.62 bits per heavy atom. The lowest BCUT2D eigenvalue weighted by Crippen LogP contribution is -2.61. The van der Waals surface area contributed by atoms with Gasteiger partial charge in [0.25, 0.3) is 5.91 Å². The topological polar surface area (TPSA) is 195 Å². The van der Waals surface area contributed by atoms with Crippen LogP contribution in [-0.4, -0.2) is 110 Å². The average molecular weight is 894 g/mol. The van der Waals surface area contributed by atoms with Gasteiger partial charge in [-0.15, -0.1) is 11.3 Å². The summed E-state index contributed by atoms with van der Waals surface area (Å²) in [5, 5.41) is 26.2. The molecule has 1 aliphatic rings. The van der Waals surface area contributed by atoms with Crippen molar-refractivity contribution in [2.75, 3.05) is 26.7 Å². The summed E-state index contributed by atoms with van der Waals surface area (Å²) in [6.45, 7) is 14.0. The van der Waals surface area contributed by atoms with Crippen molar-refractivity contribution in [3.8, 4) is 22.0 Å². The molecular formula is C47H59N9O7S. The maximum absolute atomic E-state index is 14.7. The molecular weight excluding hydrogens is 835 g/mol. The van der Waals surface area contributed by atoms with E-state index in [1.54, 1.807) is 21.0 Å². The van der Waals surface area contributed by atoms with E-state index in [4.69, 9.17) is 9.26 Å². The third kappa shape index (κ3) is 12.3. The number of hydrazine groups is 1.